The van der Waals surface area contributed by atoms with Crippen molar-refractivity contribution in [3.8, 4) is 11.3 Å². The molecule has 0 saturated carbocycles. The summed E-state index contributed by atoms with van der Waals surface area (Å²) in [5, 5.41) is 12.4. The van der Waals surface area contributed by atoms with Gasteiger partial charge < -0.3 is 4.52 Å². The zero-order chi connectivity index (χ0) is 22.8. The van der Waals surface area contributed by atoms with Gasteiger partial charge in [-0.05, 0) is 36.8 Å². The maximum absolute atomic E-state index is 13.1. The lowest BCUT2D eigenvalue weighted by molar-refractivity contribution is 0.102. The van der Waals surface area contributed by atoms with Gasteiger partial charge in [-0.3, -0.25) is 10.1 Å². The van der Waals surface area contributed by atoms with Crippen molar-refractivity contribution in [1.29, 1.82) is 0 Å². The summed E-state index contributed by atoms with van der Waals surface area (Å²) >= 11 is 2.89. The zero-order valence-electron chi connectivity index (χ0n) is 18.0. The number of fused-ring (bicyclic) bond motifs is 1. The number of thioether (sulfide) groups is 1. The van der Waals surface area contributed by atoms with Crippen LogP contribution in [0.2, 0.25) is 0 Å². The highest BCUT2D eigenvalue weighted by molar-refractivity contribution is 7.98. The number of carbonyl (C=O) groups excluding carboxylic acids is 1. The topological polar surface area (TPSA) is 80.9 Å². The first-order chi connectivity index (χ1) is 16.1. The van der Waals surface area contributed by atoms with Gasteiger partial charge in [0.05, 0.1) is 17.0 Å². The van der Waals surface area contributed by atoms with Gasteiger partial charge in [-0.1, -0.05) is 47.6 Å². The number of hydrogen-bond acceptors (Lipinski definition) is 7. The molecular weight excluding hydrogens is 452 g/mol. The lowest BCUT2D eigenvalue weighted by atomic mass is 10.0. The maximum Gasteiger partial charge on any atom is 0.260 e. The first-order valence-electron chi connectivity index (χ1n) is 10.3. The molecule has 1 amide bonds. The zero-order valence-corrected chi connectivity index (χ0v) is 19.7. The predicted molar refractivity (Wildman–Crippen MR) is 133 cm³/mol. The van der Waals surface area contributed by atoms with Crippen LogP contribution in [0.15, 0.2) is 75.7 Å². The second-order valence-corrected chi connectivity index (χ2v) is 9.29. The highest BCUT2D eigenvalue weighted by Crippen LogP contribution is 2.32. The van der Waals surface area contributed by atoms with Crippen LogP contribution < -0.4 is 5.32 Å². The Bertz CT molecular complexity index is 1430. The van der Waals surface area contributed by atoms with Crippen LogP contribution in [0.1, 0.15) is 27.4 Å². The molecule has 0 atom stereocenters. The Balaban J connectivity index is 1.35. The van der Waals surface area contributed by atoms with E-state index in [1.54, 1.807) is 18.3 Å². The average Bonchev–Trinajstić information content (AvgIpc) is 3.43. The lowest BCUT2D eigenvalue weighted by Crippen LogP contribution is -2.13. The van der Waals surface area contributed by atoms with Gasteiger partial charge in [-0.15, -0.1) is 23.1 Å². The Labute approximate surface area is 199 Å². The number of anilines is 1. The van der Waals surface area contributed by atoms with Crippen molar-refractivity contribution >= 4 is 44.9 Å². The Hall–Kier alpha value is -3.49. The summed E-state index contributed by atoms with van der Waals surface area (Å²) < 4.78 is 5.24. The van der Waals surface area contributed by atoms with Crippen molar-refractivity contribution in [2.45, 2.75) is 24.6 Å². The minimum absolute atomic E-state index is 0.233. The monoisotopic (exact) mass is 472 g/mol. The Morgan fingerprint density at radius 2 is 1.94 bits per heavy atom. The minimum Gasteiger partial charge on any atom is -0.361 e. The van der Waals surface area contributed by atoms with Crippen LogP contribution in [0.4, 0.5) is 5.13 Å². The summed E-state index contributed by atoms with van der Waals surface area (Å²) in [5.41, 5.74) is 4.27. The molecule has 0 fully saturated rings. The van der Waals surface area contributed by atoms with E-state index in [0.29, 0.717) is 21.5 Å². The molecule has 5 rings (SSSR count). The highest BCUT2D eigenvalue weighted by atomic mass is 32.2. The Morgan fingerprint density at radius 1 is 1.09 bits per heavy atom. The van der Waals surface area contributed by atoms with Gasteiger partial charge >= 0.3 is 0 Å². The minimum atomic E-state index is -0.233. The van der Waals surface area contributed by atoms with Gasteiger partial charge in [0.2, 0.25) is 0 Å². The van der Waals surface area contributed by atoms with E-state index in [9.17, 15) is 4.79 Å². The Morgan fingerprint density at radius 3 is 2.79 bits per heavy atom. The molecule has 164 valence electrons. The fourth-order valence-electron chi connectivity index (χ4n) is 3.60. The number of benzene rings is 2. The van der Waals surface area contributed by atoms with E-state index in [-0.39, 0.29) is 5.91 Å². The largest absolute Gasteiger partial charge is 0.361 e. The van der Waals surface area contributed by atoms with E-state index in [4.69, 9.17) is 4.52 Å². The third-order valence-electron chi connectivity index (χ3n) is 5.34. The molecule has 0 unspecified atom stereocenters. The molecule has 0 bridgehead atoms. The molecule has 0 aliphatic heterocycles. The number of carbonyl (C=O) groups is 1. The van der Waals surface area contributed by atoms with E-state index < -0.39 is 0 Å². The van der Waals surface area contributed by atoms with Gasteiger partial charge in [0.1, 0.15) is 10.8 Å². The van der Waals surface area contributed by atoms with Gasteiger partial charge in [0.25, 0.3) is 5.91 Å². The number of nitrogens with one attached hydrogen (secondary N) is 1. The third kappa shape index (κ3) is 4.40. The number of pyridine rings is 1. The number of aryl methyl sites for hydroxylation is 2. The third-order valence-corrected chi connectivity index (χ3v) is 7.13. The number of aromatic nitrogens is 3. The highest BCUT2D eigenvalue weighted by Gasteiger charge is 2.17. The number of hydrogen-bond donors (Lipinski definition) is 1. The van der Waals surface area contributed by atoms with Gasteiger partial charge in [0, 0.05) is 28.5 Å². The first-order valence-corrected chi connectivity index (χ1v) is 12.2. The fraction of sp³-hybridized carbons (Fsp3) is 0.120. The molecule has 3 aromatic heterocycles. The van der Waals surface area contributed by atoms with E-state index in [2.05, 4.69) is 38.6 Å². The molecule has 1 N–H and O–H groups in total. The normalized spacial score (nSPS) is 11.1. The van der Waals surface area contributed by atoms with Gasteiger partial charge in [-0.25, -0.2) is 9.97 Å². The van der Waals surface area contributed by atoms with Crippen LogP contribution in [-0.4, -0.2) is 21.0 Å². The SMILES string of the molecule is Cc1noc(C)c1CSc1ncccc1C(=O)Nc1nc(-c2cccc3ccccc23)cs1. The molecule has 0 aliphatic rings. The fourth-order valence-corrected chi connectivity index (χ4v) is 5.45. The molecule has 0 saturated heterocycles. The summed E-state index contributed by atoms with van der Waals surface area (Å²) in [7, 11) is 0. The molecular formula is C25H20N4O2S2. The summed E-state index contributed by atoms with van der Waals surface area (Å²) in [6, 6.07) is 17.9. The van der Waals surface area contributed by atoms with Crippen molar-refractivity contribution < 1.29 is 9.32 Å². The molecule has 0 aliphatic carbocycles. The standard InChI is InChI=1S/C25H20N4O2S2/c1-15-21(16(2)31-29-15)13-32-24-20(11-6-12-26-24)23(30)28-25-27-22(14-33-25)19-10-5-8-17-7-3-4-9-18(17)19/h3-12,14H,13H2,1-2H3,(H,27,28,30). The molecule has 5 aromatic rings. The van der Waals surface area contributed by atoms with E-state index in [1.165, 1.54) is 23.1 Å². The van der Waals surface area contributed by atoms with Crippen LogP contribution in [0.5, 0.6) is 0 Å². The van der Waals surface area contributed by atoms with Crippen LogP contribution >= 0.6 is 23.1 Å². The van der Waals surface area contributed by atoms with Gasteiger partial charge in [0.15, 0.2) is 5.13 Å². The molecule has 33 heavy (non-hydrogen) atoms. The van der Waals surface area contributed by atoms with Crippen molar-refractivity contribution in [2.24, 2.45) is 0 Å². The summed E-state index contributed by atoms with van der Waals surface area (Å²) in [6.45, 7) is 3.80. The summed E-state index contributed by atoms with van der Waals surface area (Å²) in [6.07, 6.45) is 1.69. The smallest absolute Gasteiger partial charge is 0.260 e. The molecule has 3 heterocycles. The van der Waals surface area contributed by atoms with E-state index in [0.717, 1.165) is 39.0 Å². The van der Waals surface area contributed by atoms with Crippen molar-refractivity contribution in [3.63, 3.8) is 0 Å². The number of nitrogens with zero attached hydrogens (tertiary/aromatic N) is 3. The molecule has 8 heteroatoms. The maximum atomic E-state index is 13.1. The van der Waals surface area contributed by atoms with Crippen LogP contribution in [0.3, 0.4) is 0 Å². The number of thiazole rings is 1. The molecule has 6 nitrogen and oxygen atoms in total. The molecule has 2 aromatic carbocycles. The lowest BCUT2D eigenvalue weighted by Gasteiger charge is -2.07. The van der Waals surface area contributed by atoms with Crippen LogP contribution in [0, 0.1) is 13.8 Å². The van der Waals surface area contributed by atoms with E-state index >= 15 is 0 Å². The number of amides is 1. The average molecular weight is 473 g/mol. The van der Waals surface area contributed by atoms with Crippen molar-refractivity contribution in [1.82, 2.24) is 15.1 Å². The van der Waals surface area contributed by atoms with Gasteiger partial charge in [-0.2, -0.15) is 0 Å². The summed E-state index contributed by atoms with van der Waals surface area (Å²) in [4.78, 5) is 22.2. The van der Waals surface area contributed by atoms with Crippen molar-refractivity contribution in [3.05, 3.63) is 88.8 Å². The Kier molecular flexibility index (Phi) is 5.93. The van der Waals surface area contributed by atoms with Crippen LogP contribution in [0.25, 0.3) is 22.0 Å². The summed E-state index contributed by atoms with van der Waals surface area (Å²) in [5.74, 6) is 1.18. The quantitative estimate of drug-likeness (QED) is 0.284. The second kappa shape index (κ2) is 9.17. The molecule has 0 radical (unpaired) electrons. The van der Waals surface area contributed by atoms with Crippen LogP contribution in [-0.2, 0) is 5.75 Å². The molecule has 0 spiro atoms. The second-order valence-electron chi connectivity index (χ2n) is 7.47. The number of rotatable bonds is 6. The van der Waals surface area contributed by atoms with E-state index in [1.807, 2.05) is 43.5 Å². The van der Waals surface area contributed by atoms with Crippen molar-refractivity contribution in [2.75, 3.05) is 5.32 Å². The predicted octanol–water partition coefficient (Wildman–Crippen LogP) is 6.51. The first kappa shape index (κ1) is 21.4.